The smallest absolute Gasteiger partial charge is 0.254 e. The summed E-state index contributed by atoms with van der Waals surface area (Å²) >= 11 is 6.05. The Hall–Kier alpha value is -1.09. The van der Waals surface area contributed by atoms with Crippen molar-refractivity contribution in [1.29, 1.82) is 0 Å². The third-order valence-electron chi connectivity index (χ3n) is 4.52. The maximum atomic E-state index is 12.3. The van der Waals surface area contributed by atoms with E-state index in [1.165, 1.54) is 12.8 Å². The molecule has 0 unspecified atom stereocenters. The van der Waals surface area contributed by atoms with Crippen LogP contribution < -0.4 is 5.32 Å². The summed E-state index contributed by atoms with van der Waals surface area (Å²) in [5, 5.41) is 3.39. The lowest BCUT2D eigenvalue weighted by molar-refractivity contribution is 0.0904. The first-order valence-corrected chi connectivity index (χ1v) is 8.09. The van der Waals surface area contributed by atoms with Crippen molar-refractivity contribution in [2.24, 2.45) is 11.3 Å². The molecule has 0 bridgehead atoms. The van der Waals surface area contributed by atoms with E-state index in [-0.39, 0.29) is 17.1 Å². The van der Waals surface area contributed by atoms with Gasteiger partial charge in [-0.2, -0.15) is 0 Å². The number of amides is 1. The number of carbonyl (C=O) groups is 1. The fourth-order valence-corrected chi connectivity index (χ4v) is 3.34. The van der Waals surface area contributed by atoms with Crippen LogP contribution in [-0.2, 0) is 0 Å². The van der Waals surface area contributed by atoms with Gasteiger partial charge in [-0.3, -0.25) is 4.79 Å². The number of hydrogen-bond donors (Lipinski definition) is 1. The first-order valence-electron chi connectivity index (χ1n) is 7.71. The summed E-state index contributed by atoms with van der Waals surface area (Å²) in [7, 11) is 0. The minimum Gasteiger partial charge on any atom is -0.349 e. The number of nitrogens with zero attached hydrogens (tertiary/aromatic N) is 1. The highest BCUT2D eigenvalue weighted by molar-refractivity contribution is 6.32. The lowest BCUT2D eigenvalue weighted by Crippen LogP contribution is -2.39. The average Bonchev–Trinajstić information content (AvgIpc) is 2.38. The third kappa shape index (κ3) is 4.19. The standard InChI is InChI=1S/C17H25ClN2O/c1-11-5-10-14(15(18)19-11)16(21)20-13-8-6-12(7-9-13)17(2,3)4/h5,10,12-13H,6-9H2,1-4H3,(H,20,21). The van der Waals surface area contributed by atoms with E-state index in [9.17, 15) is 4.79 Å². The molecule has 0 aromatic carbocycles. The van der Waals surface area contributed by atoms with Gasteiger partial charge in [-0.15, -0.1) is 0 Å². The summed E-state index contributed by atoms with van der Waals surface area (Å²) in [6.45, 7) is 8.76. The molecule has 1 N–H and O–H groups in total. The van der Waals surface area contributed by atoms with Crippen molar-refractivity contribution in [2.75, 3.05) is 0 Å². The fourth-order valence-electron chi connectivity index (χ4n) is 3.06. The molecule has 0 spiro atoms. The van der Waals surface area contributed by atoms with Crippen LogP contribution in [0.15, 0.2) is 12.1 Å². The molecule has 0 radical (unpaired) electrons. The zero-order valence-corrected chi connectivity index (χ0v) is 14.1. The van der Waals surface area contributed by atoms with E-state index >= 15 is 0 Å². The van der Waals surface area contributed by atoms with Gasteiger partial charge in [-0.1, -0.05) is 32.4 Å². The van der Waals surface area contributed by atoms with Crippen LogP contribution in [0.25, 0.3) is 0 Å². The van der Waals surface area contributed by atoms with Gasteiger partial charge in [0.2, 0.25) is 0 Å². The van der Waals surface area contributed by atoms with Crippen LogP contribution in [0.3, 0.4) is 0 Å². The second-order valence-corrected chi connectivity index (χ2v) is 7.54. The van der Waals surface area contributed by atoms with Gasteiger partial charge in [-0.25, -0.2) is 4.98 Å². The van der Waals surface area contributed by atoms with E-state index < -0.39 is 0 Å². The number of hydrogen-bond acceptors (Lipinski definition) is 2. The van der Waals surface area contributed by atoms with E-state index in [0.29, 0.717) is 11.0 Å². The van der Waals surface area contributed by atoms with Crippen molar-refractivity contribution < 1.29 is 4.79 Å². The van der Waals surface area contributed by atoms with Crippen LogP contribution in [0.5, 0.6) is 0 Å². The molecular formula is C17H25ClN2O. The number of carbonyl (C=O) groups excluding carboxylic acids is 1. The number of aryl methyl sites for hydroxylation is 1. The molecule has 1 aromatic rings. The number of halogens is 1. The van der Waals surface area contributed by atoms with Crippen molar-refractivity contribution in [3.8, 4) is 0 Å². The number of rotatable bonds is 2. The van der Waals surface area contributed by atoms with Crippen molar-refractivity contribution in [1.82, 2.24) is 10.3 Å². The Morgan fingerprint density at radius 1 is 1.24 bits per heavy atom. The van der Waals surface area contributed by atoms with Gasteiger partial charge >= 0.3 is 0 Å². The molecule has 116 valence electrons. The van der Waals surface area contributed by atoms with Gasteiger partial charge in [0.05, 0.1) is 5.56 Å². The Balaban J connectivity index is 1.93. The average molecular weight is 309 g/mol. The first kappa shape index (κ1) is 16.3. The van der Waals surface area contributed by atoms with Gasteiger partial charge in [0.1, 0.15) is 5.15 Å². The molecular weight excluding hydrogens is 284 g/mol. The third-order valence-corrected chi connectivity index (χ3v) is 4.81. The zero-order chi connectivity index (χ0) is 15.6. The Morgan fingerprint density at radius 3 is 2.38 bits per heavy atom. The predicted molar refractivity (Wildman–Crippen MR) is 86.7 cm³/mol. The van der Waals surface area contributed by atoms with E-state index in [1.54, 1.807) is 6.07 Å². The van der Waals surface area contributed by atoms with Crippen LogP contribution in [0.1, 0.15) is 62.5 Å². The molecule has 21 heavy (non-hydrogen) atoms. The van der Waals surface area contributed by atoms with E-state index in [4.69, 9.17) is 11.6 Å². The minimum absolute atomic E-state index is 0.105. The summed E-state index contributed by atoms with van der Waals surface area (Å²) in [5.41, 5.74) is 1.65. The second-order valence-electron chi connectivity index (χ2n) is 7.18. The van der Waals surface area contributed by atoms with E-state index in [0.717, 1.165) is 24.5 Å². The largest absolute Gasteiger partial charge is 0.349 e. The van der Waals surface area contributed by atoms with Gasteiger partial charge in [0, 0.05) is 11.7 Å². The summed E-state index contributed by atoms with van der Waals surface area (Å²) in [5.74, 6) is 0.641. The maximum absolute atomic E-state index is 12.3. The molecule has 1 saturated carbocycles. The quantitative estimate of drug-likeness (QED) is 0.824. The minimum atomic E-state index is -0.105. The lowest BCUT2D eigenvalue weighted by atomic mass is 9.71. The molecule has 1 aliphatic rings. The molecule has 2 rings (SSSR count). The molecule has 0 saturated heterocycles. The van der Waals surface area contributed by atoms with E-state index in [2.05, 4.69) is 31.1 Å². The predicted octanol–water partition coefficient (Wildman–Crippen LogP) is 4.38. The lowest BCUT2D eigenvalue weighted by Gasteiger charge is -2.37. The van der Waals surface area contributed by atoms with Crippen LogP contribution in [0.4, 0.5) is 0 Å². The topological polar surface area (TPSA) is 42.0 Å². The highest BCUT2D eigenvalue weighted by Crippen LogP contribution is 2.37. The van der Waals surface area contributed by atoms with Crippen molar-refractivity contribution in [3.63, 3.8) is 0 Å². The summed E-state index contributed by atoms with van der Waals surface area (Å²) in [6, 6.07) is 3.83. The highest BCUT2D eigenvalue weighted by atomic mass is 35.5. The van der Waals surface area contributed by atoms with Gasteiger partial charge in [0.15, 0.2) is 0 Å². The number of pyridine rings is 1. The molecule has 3 nitrogen and oxygen atoms in total. The summed E-state index contributed by atoms with van der Waals surface area (Å²) in [6.07, 6.45) is 4.44. The number of aromatic nitrogens is 1. The Kier molecular flexibility index (Phi) is 4.92. The van der Waals surface area contributed by atoms with Crippen molar-refractivity contribution >= 4 is 17.5 Å². The van der Waals surface area contributed by atoms with Crippen LogP contribution in [0.2, 0.25) is 5.15 Å². The monoisotopic (exact) mass is 308 g/mol. The van der Waals surface area contributed by atoms with Crippen molar-refractivity contribution in [3.05, 3.63) is 28.5 Å². The molecule has 0 atom stereocenters. The molecule has 1 heterocycles. The van der Waals surface area contributed by atoms with Gasteiger partial charge in [-0.05, 0) is 56.1 Å². The molecule has 4 heteroatoms. The van der Waals surface area contributed by atoms with Crippen molar-refractivity contribution in [2.45, 2.75) is 59.4 Å². The normalized spacial score (nSPS) is 22.9. The molecule has 0 aliphatic heterocycles. The highest BCUT2D eigenvalue weighted by Gasteiger charge is 2.30. The Bertz CT molecular complexity index is 514. The fraction of sp³-hybridized carbons (Fsp3) is 0.647. The second kappa shape index (κ2) is 6.35. The van der Waals surface area contributed by atoms with E-state index in [1.807, 2.05) is 13.0 Å². The molecule has 1 aromatic heterocycles. The zero-order valence-electron chi connectivity index (χ0n) is 13.4. The summed E-state index contributed by atoms with van der Waals surface area (Å²) < 4.78 is 0. The van der Waals surface area contributed by atoms with Crippen LogP contribution in [0, 0.1) is 18.3 Å². The first-order chi connectivity index (χ1) is 9.77. The van der Waals surface area contributed by atoms with Gasteiger partial charge < -0.3 is 5.32 Å². The SMILES string of the molecule is Cc1ccc(C(=O)NC2CCC(C(C)(C)C)CC2)c(Cl)n1. The summed E-state index contributed by atoms with van der Waals surface area (Å²) in [4.78, 5) is 16.4. The maximum Gasteiger partial charge on any atom is 0.254 e. The van der Waals surface area contributed by atoms with Crippen LogP contribution >= 0.6 is 11.6 Å². The molecule has 1 aliphatic carbocycles. The Labute approximate surface area is 132 Å². The number of nitrogens with one attached hydrogen (secondary N) is 1. The van der Waals surface area contributed by atoms with Crippen LogP contribution in [-0.4, -0.2) is 16.9 Å². The Morgan fingerprint density at radius 2 is 1.86 bits per heavy atom. The molecule has 1 fully saturated rings. The van der Waals surface area contributed by atoms with Gasteiger partial charge in [0.25, 0.3) is 5.91 Å². The molecule has 1 amide bonds.